The monoisotopic (exact) mass is 207 g/mol. The Kier molecular flexibility index (Phi) is 3.21. The molecule has 0 aliphatic rings. The molecule has 1 atom stereocenters. The minimum absolute atomic E-state index is 0.188. The molecule has 1 rings (SSSR count). The highest BCUT2D eigenvalue weighted by Gasteiger charge is 2.31. The van der Waals surface area contributed by atoms with Gasteiger partial charge >= 0.3 is 0 Å². The summed E-state index contributed by atoms with van der Waals surface area (Å²) in [6.45, 7) is 4.98. The SMILES string of the molecule is C=CCC(C)(C#N)c1c(F)cccc1F. The van der Waals surface area contributed by atoms with Gasteiger partial charge in [0.25, 0.3) is 0 Å². The van der Waals surface area contributed by atoms with Gasteiger partial charge in [-0.1, -0.05) is 12.1 Å². The van der Waals surface area contributed by atoms with Crippen molar-refractivity contribution in [1.82, 2.24) is 0 Å². The molecule has 0 aliphatic heterocycles. The van der Waals surface area contributed by atoms with Crippen molar-refractivity contribution in [3.05, 3.63) is 48.1 Å². The zero-order valence-electron chi connectivity index (χ0n) is 8.43. The largest absolute Gasteiger partial charge is 0.207 e. The van der Waals surface area contributed by atoms with Crippen LogP contribution in [-0.2, 0) is 5.41 Å². The minimum atomic E-state index is -1.20. The standard InChI is InChI=1S/C12H11F2N/c1-3-7-12(2,8-15)11-9(13)5-4-6-10(11)14/h3-6H,1,7H2,2H3. The molecule has 0 heterocycles. The van der Waals surface area contributed by atoms with E-state index in [1.165, 1.54) is 19.1 Å². The smallest absolute Gasteiger partial charge is 0.130 e. The summed E-state index contributed by atoms with van der Waals surface area (Å²) in [6.07, 6.45) is 1.69. The summed E-state index contributed by atoms with van der Waals surface area (Å²) >= 11 is 0. The van der Waals surface area contributed by atoms with E-state index < -0.39 is 17.0 Å². The van der Waals surface area contributed by atoms with Crippen molar-refractivity contribution in [2.45, 2.75) is 18.8 Å². The summed E-state index contributed by atoms with van der Waals surface area (Å²) in [4.78, 5) is 0. The predicted octanol–water partition coefficient (Wildman–Crippen LogP) is 3.32. The third-order valence-corrected chi connectivity index (χ3v) is 2.31. The Morgan fingerprint density at radius 3 is 2.40 bits per heavy atom. The first-order valence-corrected chi connectivity index (χ1v) is 4.52. The van der Waals surface area contributed by atoms with Gasteiger partial charge in [0.1, 0.15) is 11.6 Å². The molecular weight excluding hydrogens is 196 g/mol. The fraction of sp³-hybridized carbons (Fsp3) is 0.250. The number of halogens is 2. The maximum absolute atomic E-state index is 13.4. The Morgan fingerprint density at radius 1 is 1.47 bits per heavy atom. The summed E-state index contributed by atoms with van der Waals surface area (Å²) in [5.74, 6) is -1.39. The second kappa shape index (κ2) is 4.22. The molecule has 0 saturated heterocycles. The molecule has 0 bridgehead atoms. The second-order valence-electron chi connectivity index (χ2n) is 3.53. The van der Waals surface area contributed by atoms with Gasteiger partial charge in [-0.25, -0.2) is 8.78 Å². The van der Waals surface area contributed by atoms with Gasteiger partial charge in [-0.05, 0) is 25.5 Å². The molecule has 0 aliphatic carbocycles. The van der Waals surface area contributed by atoms with Crippen molar-refractivity contribution in [2.75, 3.05) is 0 Å². The molecule has 0 fully saturated rings. The van der Waals surface area contributed by atoms with Crippen LogP contribution in [-0.4, -0.2) is 0 Å². The van der Waals surface area contributed by atoms with E-state index in [9.17, 15) is 8.78 Å². The third-order valence-electron chi connectivity index (χ3n) is 2.31. The van der Waals surface area contributed by atoms with Gasteiger partial charge in [0.15, 0.2) is 0 Å². The zero-order valence-corrected chi connectivity index (χ0v) is 8.43. The van der Waals surface area contributed by atoms with Crippen LogP contribution in [0.3, 0.4) is 0 Å². The normalized spacial score (nSPS) is 14.0. The quantitative estimate of drug-likeness (QED) is 0.697. The van der Waals surface area contributed by atoms with Crippen LogP contribution < -0.4 is 0 Å². The maximum Gasteiger partial charge on any atom is 0.130 e. The molecule has 0 aromatic heterocycles. The molecule has 0 saturated carbocycles. The van der Waals surface area contributed by atoms with E-state index in [0.717, 1.165) is 12.1 Å². The molecular formula is C12H11F2N. The first kappa shape index (κ1) is 11.4. The fourth-order valence-corrected chi connectivity index (χ4v) is 1.52. The van der Waals surface area contributed by atoms with Gasteiger partial charge in [-0.2, -0.15) is 5.26 Å². The van der Waals surface area contributed by atoms with Crippen molar-refractivity contribution in [3.63, 3.8) is 0 Å². The number of nitriles is 1. The number of nitrogens with zero attached hydrogens (tertiary/aromatic N) is 1. The molecule has 0 amide bonds. The maximum atomic E-state index is 13.4. The Labute approximate surface area is 87.7 Å². The van der Waals surface area contributed by atoms with E-state index in [2.05, 4.69) is 6.58 Å². The van der Waals surface area contributed by atoms with Crippen molar-refractivity contribution < 1.29 is 8.78 Å². The molecule has 0 spiro atoms. The fourth-order valence-electron chi connectivity index (χ4n) is 1.52. The lowest BCUT2D eigenvalue weighted by atomic mass is 9.80. The Morgan fingerprint density at radius 2 is 2.00 bits per heavy atom. The van der Waals surface area contributed by atoms with Crippen LogP contribution in [0, 0.1) is 23.0 Å². The number of benzene rings is 1. The van der Waals surface area contributed by atoms with Crippen molar-refractivity contribution in [1.29, 1.82) is 5.26 Å². The molecule has 1 aromatic rings. The lowest BCUT2D eigenvalue weighted by Crippen LogP contribution is -2.22. The Balaban J connectivity index is 3.36. The van der Waals surface area contributed by atoms with Crippen LogP contribution in [0.1, 0.15) is 18.9 Å². The third kappa shape index (κ3) is 2.04. The Bertz CT molecular complexity index is 400. The van der Waals surface area contributed by atoms with Gasteiger partial charge in [0, 0.05) is 5.56 Å². The molecule has 15 heavy (non-hydrogen) atoms. The highest BCUT2D eigenvalue weighted by Crippen LogP contribution is 2.31. The lowest BCUT2D eigenvalue weighted by Gasteiger charge is -2.21. The van der Waals surface area contributed by atoms with Crippen LogP contribution in [0.4, 0.5) is 8.78 Å². The number of hydrogen-bond acceptors (Lipinski definition) is 1. The highest BCUT2D eigenvalue weighted by molar-refractivity contribution is 5.34. The molecule has 1 unspecified atom stereocenters. The molecule has 0 radical (unpaired) electrons. The van der Waals surface area contributed by atoms with E-state index in [4.69, 9.17) is 5.26 Å². The van der Waals surface area contributed by atoms with Gasteiger partial charge in [0.05, 0.1) is 11.5 Å². The molecule has 78 valence electrons. The van der Waals surface area contributed by atoms with E-state index in [1.54, 1.807) is 0 Å². The van der Waals surface area contributed by atoms with Crippen LogP contribution >= 0.6 is 0 Å². The average molecular weight is 207 g/mol. The Hall–Kier alpha value is -1.69. The first-order valence-electron chi connectivity index (χ1n) is 4.52. The predicted molar refractivity (Wildman–Crippen MR) is 54.1 cm³/mol. The summed E-state index contributed by atoms with van der Waals surface area (Å²) in [7, 11) is 0. The lowest BCUT2D eigenvalue weighted by molar-refractivity contribution is 0.491. The van der Waals surface area contributed by atoms with Crippen molar-refractivity contribution in [2.24, 2.45) is 0 Å². The van der Waals surface area contributed by atoms with Crippen molar-refractivity contribution in [3.8, 4) is 6.07 Å². The zero-order chi connectivity index (χ0) is 11.5. The average Bonchev–Trinajstić information content (AvgIpc) is 2.18. The number of allylic oxidation sites excluding steroid dienone is 1. The van der Waals surface area contributed by atoms with Gasteiger partial charge < -0.3 is 0 Å². The van der Waals surface area contributed by atoms with E-state index in [1.807, 2.05) is 6.07 Å². The second-order valence-corrected chi connectivity index (χ2v) is 3.53. The molecule has 1 nitrogen and oxygen atoms in total. The van der Waals surface area contributed by atoms with E-state index in [0.29, 0.717) is 0 Å². The van der Waals surface area contributed by atoms with Crippen molar-refractivity contribution >= 4 is 0 Å². The minimum Gasteiger partial charge on any atom is -0.207 e. The van der Waals surface area contributed by atoms with Crippen LogP contribution in [0.25, 0.3) is 0 Å². The highest BCUT2D eigenvalue weighted by atomic mass is 19.1. The molecule has 0 N–H and O–H groups in total. The number of hydrogen-bond donors (Lipinski definition) is 0. The van der Waals surface area contributed by atoms with E-state index >= 15 is 0 Å². The summed E-state index contributed by atoms with van der Waals surface area (Å²) in [5.41, 5.74) is -1.38. The topological polar surface area (TPSA) is 23.8 Å². The van der Waals surface area contributed by atoms with E-state index in [-0.39, 0.29) is 12.0 Å². The molecule has 3 heteroatoms. The van der Waals surface area contributed by atoms with Crippen LogP contribution in [0.2, 0.25) is 0 Å². The summed E-state index contributed by atoms with van der Waals surface area (Å²) < 4.78 is 26.9. The van der Waals surface area contributed by atoms with Crippen LogP contribution in [0.15, 0.2) is 30.9 Å². The first-order chi connectivity index (χ1) is 7.05. The summed E-state index contributed by atoms with van der Waals surface area (Å²) in [6, 6.07) is 5.50. The van der Waals surface area contributed by atoms with Crippen LogP contribution in [0.5, 0.6) is 0 Å². The summed E-state index contributed by atoms with van der Waals surface area (Å²) in [5, 5.41) is 8.99. The van der Waals surface area contributed by atoms with Gasteiger partial charge in [-0.3, -0.25) is 0 Å². The van der Waals surface area contributed by atoms with Gasteiger partial charge in [-0.15, -0.1) is 6.58 Å². The molecule has 1 aromatic carbocycles. The van der Waals surface area contributed by atoms with Gasteiger partial charge in [0.2, 0.25) is 0 Å². The number of rotatable bonds is 3.